The second-order valence-corrected chi connectivity index (χ2v) is 5.51. The van der Waals surface area contributed by atoms with Crippen LogP contribution in [0, 0.1) is 0 Å². The molecule has 1 aliphatic carbocycles. The third-order valence-corrected chi connectivity index (χ3v) is 4.23. The van der Waals surface area contributed by atoms with E-state index in [1.165, 1.54) is 24.8 Å². The summed E-state index contributed by atoms with van der Waals surface area (Å²) in [5, 5.41) is 13.8. The van der Waals surface area contributed by atoms with Crippen molar-refractivity contribution in [1.82, 2.24) is 20.3 Å². The Morgan fingerprint density at radius 1 is 1.59 bits per heavy atom. The van der Waals surface area contributed by atoms with E-state index >= 15 is 0 Å². The maximum Gasteiger partial charge on any atom is 0.0964 e. The summed E-state index contributed by atoms with van der Waals surface area (Å²) in [6.45, 7) is 0.799. The van der Waals surface area contributed by atoms with Crippen LogP contribution in [0.4, 0.5) is 0 Å². The first-order valence-corrected chi connectivity index (χ1v) is 6.86. The number of nitrogens with zero attached hydrogens (tertiary/aromatic N) is 3. The highest BCUT2D eigenvalue weighted by molar-refractivity contribution is 7.10. The highest BCUT2D eigenvalue weighted by Gasteiger charge is 2.20. The van der Waals surface area contributed by atoms with E-state index in [4.69, 9.17) is 0 Å². The normalized spacial score (nSPS) is 19.2. The van der Waals surface area contributed by atoms with Gasteiger partial charge < -0.3 is 5.32 Å². The van der Waals surface area contributed by atoms with Gasteiger partial charge in [0, 0.05) is 30.7 Å². The van der Waals surface area contributed by atoms with Crippen molar-refractivity contribution in [1.29, 1.82) is 0 Å². The topological polar surface area (TPSA) is 42.7 Å². The summed E-state index contributed by atoms with van der Waals surface area (Å²) in [7, 11) is 1.90. The van der Waals surface area contributed by atoms with Gasteiger partial charge in [0.05, 0.1) is 5.69 Å². The third-order valence-electron chi connectivity index (χ3n) is 3.23. The summed E-state index contributed by atoms with van der Waals surface area (Å²) in [6.07, 6.45) is 5.72. The Balaban J connectivity index is 1.67. The van der Waals surface area contributed by atoms with Crippen LogP contribution < -0.4 is 5.32 Å². The third kappa shape index (κ3) is 2.25. The summed E-state index contributed by atoms with van der Waals surface area (Å²) in [6, 6.07) is 2.75. The molecule has 3 rings (SSSR count). The van der Waals surface area contributed by atoms with E-state index in [1.54, 1.807) is 9.56 Å². The molecule has 0 saturated carbocycles. The molecule has 0 amide bonds. The predicted octanol–water partition coefficient (Wildman–Crippen LogP) is 2.04. The van der Waals surface area contributed by atoms with Crippen molar-refractivity contribution < 1.29 is 0 Å². The maximum absolute atomic E-state index is 4.10. The molecule has 0 radical (unpaired) electrons. The fraction of sp³-hybridized carbons (Fsp3) is 0.500. The van der Waals surface area contributed by atoms with Gasteiger partial charge in [0.15, 0.2) is 0 Å². The molecule has 1 N–H and O–H groups in total. The largest absolute Gasteiger partial charge is 0.304 e. The van der Waals surface area contributed by atoms with Crippen molar-refractivity contribution in [3.8, 4) is 0 Å². The molecule has 0 saturated heterocycles. The van der Waals surface area contributed by atoms with Crippen molar-refractivity contribution >= 4 is 11.3 Å². The molecular weight excluding hydrogens is 232 g/mol. The highest BCUT2D eigenvalue weighted by Crippen LogP contribution is 2.33. The van der Waals surface area contributed by atoms with Crippen LogP contribution in [-0.2, 0) is 20.0 Å². The Kier molecular flexibility index (Phi) is 2.94. The number of rotatable bonds is 3. The maximum atomic E-state index is 4.10. The first-order chi connectivity index (χ1) is 8.33. The summed E-state index contributed by atoms with van der Waals surface area (Å²) in [5.41, 5.74) is 2.50. The fourth-order valence-electron chi connectivity index (χ4n) is 2.40. The van der Waals surface area contributed by atoms with Crippen LogP contribution in [0.1, 0.15) is 35.0 Å². The second-order valence-electron chi connectivity index (χ2n) is 4.51. The number of nitrogens with one attached hydrogen (secondary N) is 1. The lowest BCUT2D eigenvalue weighted by atomic mass is 9.94. The zero-order valence-electron chi connectivity index (χ0n) is 9.89. The van der Waals surface area contributed by atoms with Gasteiger partial charge >= 0.3 is 0 Å². The minimum atomic E-state index is 0.493. The molecule has 17 heavy (non-hydrogen) atoms. The SMILES string of the molecule is Cn1cc(CNC2CCCc3sccc32)nn1. The summed E-state index contributed by atoms with van der Waals surface area (Å²) in [5.74, 6) is 0. The van der Waals surface area contributed by atoms with Crippen molar-refractivity contribution in [2.24, 2.45) is 7.05 Å². The molecule has 2 heterocycles. The molecule has 5 heteroatoms. The fourth-order valence-corrected chi connectivity index (χ4v) is 3.39. The van der Waals surface area contributed by atoms with E-state index in [2.05, 4.69) is 27.1 Å². The van der Waals surface area contributed by atoms with Gasteiger partial charge in [-0.3, -0.25) is 4.68 Å². The van der Waals surface area contributed by atoms with Gasteiger partial charge in [-0.2, -0.15) is 0 Å². The van der Waals surface area contributed by atoms with Gasteiger partial charge in [-0.15, -0.1) is 16.4 Å². The Hall–Kier alpha value is -1.20. The monoisotopic (exact) mass is 248 g/mol. The molecular formula is C12H16N4S. The number of fused-ring (bicyclic) bond motifs is 1. The standard InChI is InChI=1S/C12H16N4S/c1-16-8-9(14-15-16)7-13-11-3-2-4-12-10(11)5-6-17-12/h5-6,8,11,13H,2-4,7H2,1H3. The number of aryl methyl sites for hydroxylation is 2. The quantitative estimate of drug-likeness (QED) is 0.904. The summed E-state index contributed by atoms with van der Waals surface area (Å²) in [4.78, 5) is 1.55. The van der Waals surface area contributed by atoms with Crippen LogP contribution in [0.25, 0.3) is 0 Å². The minimum absolute atomic E-state index is 0.493. The molecule has 4 nitrogen and oxygen atoms in total. The molecule has 0 bridgehead atoms. The van der Waals surface area contributed by atoms with Gasteiger partial charge in [-0.1, -0.05) is 5.21 Å². The van der Waals surface area contributed by atoms with Gasteiger partial charge in [0.25, 0.3) is 0 Å². The minimum Gasteiger partial charge on any atom is -0.304 e. The smallest absolute Gasteiger partial charge is 0.0964 e. The molecule has 1 unspecified atom stereocenters. The van der Waals surface area contributed by atoms with Crippen LogP contribution in [0.5, 0.6) is 0 Å². The Bertz CT molecular complexity index is 502. The number of hydrogen-bond acceptors (Lipinski definition) is 4. The molecule has 1 aliphatic rings. The number of hydrogen-bond donors (Lipinski definition) is 1. The van der Waals surface area contributed by atoms with Gasteiger partial charge in [0.1, 0.15) is 0 Å². The zero-order valence-corrected chi connectivity index (χ0v) is 10.7. The van der Waals surface area contributed by atoms with Crippen molar-refractivity contribution in [3.63, 3.8) is 0 Å². The van der Waals surface area contributed by atoms with E-state index in [0.29, 0.717) is 6.04 Å². The average molecular weight is 248 g/mol. The van der Waals surface area contributed by atoms with Crippen LogP contribution in [0.15, 0.2) is 17.6 Å². The predicted molar refractivity (Wildman–Crippen MR) is 67.8 cm³/mol. The van der Waals surface area contributed by atoms with Crippen molar-refractivity contribution in [3.05, 3.63) is 33.8 Å². The molecule has 0 spiro atoms. The summed E-state index contributed by atoms with van der Waals surface area (Å²) >= 11 is 1.88. The zero-order chi connectivity index (χ0) is 11.7. The van der Waals surface area contributed by atoms with E-state index in [9.17, 15) is 0 Å². The lowest BCUT2D eigenvalue weighted by Gasteiger charge is -2.23. The van der Waals surface area contributed by atoms with Crippen molar-refractivity contribution in [2.75, 3.05) is 0 Å². The van der Waals surface area contributed by atoms with E-state index in [1.807, 2.05) is 24.6 Å². The Morgan fingerprint density at radius 2 is 2.53 bits per heavy atom. The number of thiophene rings is 1. The lowest BCUT2D eigenvalue weighted by Crippen LogP contribution is -2.24. The van der Waals surface area contributed by atoms with Crippen LogP contribution >= 0.6 is 11.3 Å². The van der Waals surface area contributed by atoms with Crippen LogP contribution in [-0.4, -0.2) is 15.0 Å². The van der Waals surface area contributed by atoms with Crippen LogP contribution in [0.3, 0.4) is 0 Å². The Labute approximate surface area is 105 Å². The lowest BCUT2D eigenvalue weighted by molar-refractivity contribution is 0.460. The molecule has 2 aromatic heterocycles. The first kappa shape index (κ1) is 10.9. The van der Waals surface area contributed by atoms with Crippen LogP contribution in [0.2, 0.25) is 0 Å². The Morgan fingerprint density at radius 3 is 3.35 bits per heavy atom. The molecule has 2 aromatic rings. The molecule has 1 atom stereocenters. The van der Waals surface area contributed by atoms with Gasteiger partial charge in [0.2, 0.25) is 0 Å². The van der Waals surface area contributed by atoms with Crippen molar-refractivity contribution in [2.45, 2.75) is 31.8 Å². The molecule has 90 valence electrons. The molecule has 0 aliphatic heterocycles. The van der Waals surface area contributed by atoms with E-state index in [-0.39, 0.29) is 0 Å². The highest BCUT2D eigenvalue weighted by atomic mass is 32.1. The van der Waals surface area contributed by atoms with E-state index < -0.39 is 0 Å². The molecule has 0 aromatic carbocycles. The summed E-state index contributed by atoms with van der Waals surface area (Å²) < 4.78 is 1.74. The van der Waals surface area contributed by atoms with Gasteiger partial charge in [-0.25, -0.2) is 0 Å². The van der Waals surface area contributed by atoms with E-state index in [0.717, 1.165) is 12.2 Å². The first-order valence-electron chi connectivity index (χ1n) is 5.98. The second kappa shape index (κ2) is 4.58. The average Bonchev–Trinajstić information content (AvgIpc) is 2.94. The molecule has 0 fully saturated rings. The number of aromatic nitrogens is 3. The van der Waals surface area contributed by atoms with Gasteiger partial charge in [-0.05, 0) is 36.3 Å².